The minimum atomic E-state index is -0.175. The number of hydrogen-bond acceptors (Lipinski definition) is 4. The van der Waals surface area contributed by atoms with Crippen molar-refractivity contribution in [2.24, 2.45) is 0 Å². The van der Waals surface area contributed by atoms with Gasteiger partial charge in [0.25, 0.3) is 0 Å². The predicted octanol–water partition coefficient (Wildman–Crippen LogP) is 4.12. The molecule has 1 aromatic heterocycles. The maximum atomic E-state index is 12.6. The molecule has 0 radical (unpaired) electrons. The molecule has 1 heterocycles. The number of benzene rings is 2. The number of amides is 1. The fourth-order valence-electron chi connectivity index (χ4n) is 2.92. The van der Waals surface area contributed by atoms with Gasteiger partial charge in [-0.1, -0.05) is 42.5 Å². The molecule has 5 nitrogen and oxygen atoms in total. The number of nitrogens with zero attached hydrogens (tertiary/aromatic N) is 1. The van der Waals surface area contributed by atoms with Crippen LogP contribution in [0.3, 0.4) is 0 Å². The Labute approximate surface area is 158 Å². The number of anilines is 1. The van der Waals surface area contributed by atoms with E-state index in [-0.39, 0.29) is 18.2 Å². The van der Waals surface area contributed by atoms with Gasteiger partial charge in [-0.15, -0.1) is 0 Å². The van der Waals surface area contributed by atoms with Crippen molar-refractivity contribution in [1.82, 2.24) is 4.90 Å². The van der Waals surface area contributed by atoms with Crippen LogP contribution in [0.5, 0.6) is 0 Å². The largest absolute Gasteiger partial charge is 0.468 e. The number of furan rings is 1. The molecule has 0 saturated heterocycles. The summed E-state index contributed by atoms with van der Waals surface area (Å²) in [5.41, 5.74) is 2.15. The first-order valence-corrected chi connectivity index (χ1v) is 8.80. The summed E-state index contributed by atoms with van der Waals surface area (Å²) in [5, 5.41) is 2.86. The minimum absolute atomic E-state index is 0.0809. The van der Waals surface area contributed by atoms with Crippen LogP contribution in [0.2, 0.25) is 0 Å². The second kappa shape index (κ2) is 8.96. The Morgan fingerprint density at radius 1 is 0.926 bits per heavy atom. The van der Waals surface area contributed by atoms with Gasteiger partial charge in [0.2, 0.25) is 5.91 Å². The molecule has 3 aromatic rings. The molecule has 0 aliphatic rings. The number of hydrogen-bond donors (Lipinski definition) is 1. The van der Waals surface area contributed by atoms with Crippen molar-refractivity contribution in [2.45, 2.75) is 20.0 Å². The topological polar surface area (TPSA) is 62.6 Å². The van der Waals surface area contributed by atoms with Gasteiger partial charge in [-0.3, -0.25) is 14.5 Å². The molecule has 0 spiro atoms. The number of para-hydroxylation sites is 1. The highest BCUT2D eigenvalue weighted by atomic mass is 16.3. The molecule has 5 heteroatoms. The zero-order valence-electron chi connectivity index (χ0n) is 15.2. The highest BCUT2D eigenvalue weighted by Crippen LogP contribution is 2.16. The van der Waals surface area contributed by atoms with Crippen molar-refractivity contribution in [2.75, 3.05) is 11.9 Å². The predicted molar refractivity (Wildman–Crippen MR) is 104 cm³/mol. The van der Waals surface area contributed by atoms with E-state index in [1.165, 1.54) is 6.92 Å². The minimum Gasteiger partial charge on any atom is -0.468 e. The molecule has 2 aromatic carbocycles. The van der Waals surface area contributed by atoms with Crippen LogP contribution >= 0.6 is 0 Å². The molecule has 138 valence electrons. The molecule has 0 aliphatic carbocycles. The van der Waals surface area contributed by atoms with Gasteiger partial charge in [-0.25, -0.2) is 0 Å². The maximum Gasteiger partial charge on any atom is 0.238 e. The SMILES string of the molecule is CC(=O)c1ccccc1NC(=O)CN(Cc1ccccc1)Cc1ccco1. The highest BCUT2D eigenvalue weighted by molar-refractivity contribution is 6.04. The third-order valence-electron chi connectivity index (χ3n) is 4.16. The number of rotatable bonds is 8. The van der Waals surface area contributed by atoms with Crippen LogP contribution in [0.25, 0.3) is 0 Å². The van der Waals surface area contributed by atoms with Crippen LogP contribution in [0.4, 0.5) is 5.69 Å². The Morgan fingerprint density at radius 2 is 1.67 bits per heavy atom. The zero-order valence-corrected chi connectivity index (χ0v) is 15.2. The summed E-state index contributed by atoms with van der Waals surface area (Å²) in [5.74, 6) is 0.539. The summed E-state index contributed by atoms with van der Waals surface area (Å²) < 4.78 is 5.43. The first kappa shape index (κ1) is 18.6. The Bertz CT molecular complexity index is 889. The quantitative estimate of drug-likeness (QED) is 0.612. The second-order valence-corrected chi connectivity index (χ2v) is 6.36. The average molecular weight is 362 g/mol. The summed E-state index contributed by atoms with van der Waals surface area (Å²) >= 11 is 0. The van der Waals surface area contributed by atoms with Crippen LogP contribution in [0, 0.1) is 0 Å². The van der Waals surface area contributed by atoms with Crippen LogP contribution in [0.1, 0.15) is 28.6 Å². The fraction of sp³-hybridized carbons (Fsp3) is 0.182. The van der Waals surface area contributed by atoms with Crippen LogP contribution in [-0.4, -0.2) is 23.1 Å². The zero-order chi connectivity index (χ0) is 19.1. The van der Waals surface area contributed by atoms with Gasteiger partial charge in [0, 0.05) is 12.1 Å². The van der Waals surface area contributed by atoms with Crippen molar-refractivity contribution < 1.29 is 14.0 Å². The number of Topliss-reactive ketones (excluding diaryl/α,β-unsaturated/α-hetero) is 1. The molecule has 0 atom stereocenters. The second-order valence-electron chi connectivity index (χ2n) is 6.36. The standard InChI is InChI=1S/C22H22N2O3/c1-17(25)20-11-5-6-12-21(20)23-22(26)16-24(15-19-10-7-13-27-19)14-18-8-3-2-4-9-18/h2-13H,14-16H2,1H3,(H,23,26). The van der Waals surface area contributed by atoms with E-state index in [0.717, 1.165) is 11.3 Å². The third kappa shape index (κ3) is 5.39. The van der Waals surface area contributed by atoms with E-state index < -0.39 is 0 Å². The van der Waals surface area contributed by atoms with E-state index in [9.17, 15) is 9.59 Å². The van der Waals surface area contributed by atoms with Gasteiger partial charge in [0.15, 0.2) is 5.78 Å². The number of carbonyl (C=O) groups is 2. The van der Waals surface area contributed by atoms with E-state index in [1.807, 2.05) is 47.4 Å². The summed E-state index contributed by atoms with van der Waals surface area (Å²) in [6, 6.07) is 20.7. The summed E-state index contributed by atoms with van der Waals surface area (Å²) in [6.45, 7) is 2.80. The number of ketones is 1. The summed E-state index contributed by atoms with van der Waals surface area (Å²) in [4.78, 5) is 26.4. The Balaban J connectivity index is 1.71. The van der Waals surface area contributed by atoms with Gasteiger partial charge < -0.3 is 9.73 Å². The summed E-state index contributed by atoms with van der Waals surface area (Å²) in [6.07, 6.45) is 1.62. The molecule has 0 unspecified atom stereocenters. The highest BCUT2D eigenvalue weighted by Gasteiger charge is 2.15. The van der Waals surface area contributed by atoms with E-state index in [1.54, 1.807) is 30.5 Å². The first-order valence-electron chi connectivity index (χ1n) is 8.80. The molecule has 0 saturated carbocycles. The van der Waals surface area contributed by atoms with Gasteiger partial charge in [-0.2, -0.15) is 0 Å². The van der Waals surface area contributed by atoms with E-state index in [2.05, 4.69) is 5.32 Å². The van der Waals surface area contributed by atoms with Gasteiger partial charge in [-0.05, 0) is 36.8 Å². The molecule has 1 amide bonds. The first-order chi connectivity index (χ1) is 13.1. The fourth-order valence-corrected chi connectivity index (χ4v) is 2.92. The lowest BCUT2D eigenvalue weighted by Crippen LogP contribution is -2.32. The van der Waals surface area contributed by atoms with Gasteiger partial charge in [0.05, 0.1) is 25.0 Å². The molecule has 3 rings (SSSR count). The summed E-state index contributed by atoms with van der Waals surface area (Å²) in [7, 11) is 0. The Kier molecular flexibility index (Phi) is 6.18. The lowest BCUT2D eigenvalue weighted by Gasteiger charge is -2.21. The lowest BCUT2D eigenvalue weighted by molar-refractivity contribution is -0.117. The van der Waals surface area contributed by atoms with E-state index >= 15 is 0 Å². The molecular weight excluding hydrogens is 340 g/mol. The van der Waals surface area contributed by atoms with E-state index in [0.29, 0.717) is 24.3 Å². The van der Waals surface area contributed by atoms with Crippen molar-refractivity contribution in [3.8, 4) is 0 Å². The molecule has 1 N–H and O–H groups in total. The smallest absolute Gasteiger partial charge is 0.238 e. The third-order valence-corrected chi connectivity index (χ3v) is 4.16. The van der Waals surface area contributed by atoms with Crippen LogP contribution in [0.15, 0.2) is 77.4 Å². The maximum absolute atomic E-state index is 12.6. The van der Waals surface area contributed by atoms with Crippen molar-refractivity contribution in [1.29, 1.82) is 0 Å². The monoisotopic (exact) mass is 362 g/mol. The molecule has 27 heavy (non-hydrogen) atoms. The van der Waals surface area contributed by atoms with Crippen molar-refractivity contribution in [3.63, 3.8) is 0 Å². The van der Waals surface area contributed by atoms with E-state index in [4.69, 9.17) is 4.42 Å². The van der Waals surface area contributed by atoms with Crippen LogP contribution < -0.4 is 5.32 Å². The molecule has 0 fully saturated rings. The average Bonchev–Trinajstić information content (AvgIpc) is 3.15. The molecule has 0 aliphatic heterocycles. The molecular formula is C22H22N2O3. The van der Waals surface area contributed by atoms with Crippen molar-refractivity contribution >= 4 is 17.4 Å². The normalized spacial score (nSPS) is 10.7. The van der Waals surface area contributed by atoms with Gasteiger partial charge in [0.1, 0.15) is 5.76 Å². The number of carbonyl (C=O) groups excluding carboxylic acids is 2. The van der Waals surface area contributed by atoms with Crippen molar-refractivity contribution in [3.05, 3.63) is 89.9 Å². The van der Waals surface area contributed by atoms with Crippen LogP contribution in [-0.2, 0) is 17.9 Å². The number of nitrogens with one attached hydrogen (secondary N) is 1. The lowest BCUT2D eigenvalue weighted by atomic mass is 10.1. The Morgan fingerprint density at radius 3 is 2.37 bits per heavy atom. The van der Waals surface area contributed by atoms with Gasteiger partial charge >= 0.3 is 0 Å². The molecule has 0 bridgehead atoms. The Hall–Kier alpha value is -3.18.